The van der Waals surface area contributed by atoms with Gasteiger partial charge in [0.05, 0.1) is 42.3 Å². The molecule has 3 aliphatic rings. The third-order valence-electron chi connectivity index (χ3n) is 9.94. The van der Waals surface area contributed by atoms with Crippen LogP contribution in [0.1, 0.15) is 74.1 Å². The SMILES string of the molecule is CC(C)(C)[Si](C)(C)O[C@H]1CCC[C@@]2(C)[C@@H](C#N)C[C@@H](O[Si](C)(C)C(C)(C)C)[C@]12C1CO1. The fourth-order valence-electron chi connectivity index (χ4n) is 5.87. The van der Waals surface area contributed by atoms with E-state index >= 15 is 0 Å². The van der Waals surface area contributed by atoms with Gasteiger partial charge in [0.15, 0.2) is 16.6 Å². The van der Waals surface area contributed by atoms with Gasteiger partial charge in [0.1, 0.15) is 0 Å². The Bertz CT molecular complexity index is 729. The van der Waals surface area contributed by atoms with Gasteiger partial charge in [0, 0.05) is 0 Å². The summed E-state index contributed by atoms with van der Waals surface area (Å²) >= 11 is 0. The van der Waals surface area contributed by atoms with Crippen LogP contribution in [-0.2, 0) is 13.6 Å². The summed E-state index contributed by atoms with van der Waals surface area (Å²) in [4.78, 5) is 0. The molecule has 2 aliphatic carbocycles. The van der Waals surface area contributed by atoms with Crippen molar-refractivity contribution in [3.8, 4) is 6.07 Å². The molecule has 0 N–H and O–H groups in total. The number of epoxide rings is 1. The first kappa shape index (κ1) is 25.4. The van der Waals surface area contributed by atoms with Gasteiger partial charge >= 0.3 is 0 Å². The second-order valence-corrected chi connectivity index (χ2v) is 23.2. The Balaban J connectivity index is 2.11. The molecule has 6 atom stereocenters. The minimum atomic E-state index is -2.02. The molecule has 0 amide bonds. The van der Waals surface area contributed by atoms with E-state index in [-0.39, 0.29) is 45.1 Å². The second-order valence-electron chi connectivity index (χ2n) is 13.7. The quantitative estimate of drug-likeness (QED) is 0.328. The molecule has 6 heteroatoms. The van der Waals surface area contributed by atoms with Gasteiger partial charge in [0.25, 0.3) is 0 Å². The first-order valence-corrected chi connectivity index (χ1v) is 18.1. The maximum Gasteiger partial charge on any atom is 0.192 e. The molecular weight excluding hydrogens is 418 g/mol. The van der Waals surface area contributed by atoms with E-state index in [1.54, 1.807) is 0 Å². The predicted molar refractivity (Wildman–Crippen MR) is 132 cm³/mol. The monoisotopic (exact) mass is 465 g/mol. The summed E-state index contributed by atoms with van der Waals surface area (Å²) in [6.07, 6.45) is 4.35. The molecule has 31 heavy (non-hydrogen) atoms. The van der Waals surface area contributed by atoms with E-state index in [9.17, 15) is 5.26 Å². The van der Waals surface area contributed by atoms with Crippen molar-refractivity contribution < 1.29 is 13.6 Å². The standard InChI is InChI=1S/C25H47NO3Si2/c1-22(2,3)30(8,9)28-19-13-12-14-24(7)18(16-26)15-20(25(19,24)21-17-27-21)29-31(10,11)23(4,5)6/h18-21H,12-15,17H2,1-11H3/t18-,19+,20-,21?,24+,25+/m1/s1. The highest BCUT2D eigenvalue weighted by molar-refractivity contribution is 6.74. The lowest BCUT2D eigenvalue weighted by atomic mass is 9.53. The molecule has 0 bridgehead atoms. The molecule has 1 aliphatic heterocycles. The molecule has 3 fully saturated rings. The molecule has 1 heterocycles. The van der Waals surface area contributed by atoms with Crippen molar-refractivity contribution in [1.82, 2.24) is 0 Å². The molecule has 1 saturated heterocycles. The van der Waals surface area contributed by atoms with E-state index in [2.05, 4.69) is 80.7 Å². The molecule has 0 radical (unpaired) electrons. The average Bonchev–Trinajstić information content (AvgIpc) is 3.38. The van der Waals surface area contributed by atoms with Crippen molar-refractivity contribution in [2.75, 3.05) is 6.61 Å². The lowest BCUT2D eigenvalue weighted by Crippen LogP contribution is -2.64. The van der Waals surface area contributed by atoms with Gasteiger partial charge in [-0.25, -0.2) is 0 Å². The Morgan fingerprint density at radius 3 is 1.84 bits per heavy atom. The highest BCUT2D eigenvalue weighted by atomic mass is 28.4. The third-order valence-corrected chi connectivity index (χ3v) is 18.9. The molecule has 4 nitrogen and oxygen atoms in total. The zero-order chi connectivity index (χ0) is 23.7. The number of rotatable bonds is 5. The smallest absolute Gasteiger partial charge is 0.192 e. The van der Waals surface area contributed by atoms with Crippen molar-refractivity contribution in [3.05, 3.63) is 0 Å². The van der Waals surface area contributed by atoms with E-state index in [0.717, 1.165) is 32.3 Å². The largest absolute Gasteiger partial charge is 0.413 e. The Hall–Kier alpha value is -0.196. The number of nitriles is 1. The summed E-state index contributed by atoms with van der Waals surface area (Å²) in [5, 5.41) is 10.5. The van der Waals surface area contributed by atoms with E-state index in [1.807, 2.05) is 0 Å². The van der Waals surface area contributed by atoms with E-state index < -0.39 is 16.6 Å². The first-order valence-electron chi connectivity index (χ1n) is 12.3. The molecule has 0 aromatic heterocycles. The summed E-state index contributed by atoms with van der Waals surface area (Å²) < 4.78 is 20.6. The van der Waals surface area contributed by atoms with Gasteiger partial charge in [-0.05, 0) is 60.9 Å². The molecule has 0 spiro atoms. The summed E-state index contributed by atoms with van der Waals surface area (Å²) in [5.41, 5.74) is -0.349. The third kappa shape index (κ3) is 3.91. The zero-order valence-electron chi connectivity index (χ0n) is 22.0. The molecular formula is C25H47NO3Si2. The zero-order valence-corrected chi connectivity index (χ0v) is 24.0. The molecule has 178 valence electrons. The van der Waals surface area contributed by atoms with Gasteiger partial charge in [-0.1, -0.05) is 54.9 Å². The Morgan fingerprint density at radius 1 is 0.935 bits per heavy atom. The number of hydrogen-bond acceptors (Lipinski definition) is 4. The number of nitrogens with zero attached hydrogens (tertiary/aromatic N) is 1. The van der Waals surface area contributed by atoms with Crippen LogP contribution in [0.2, 0.25) is 36.3 Å². The Kier molecular flexibility index (Phi) is 6.29. The number of hydrogen-bond donors (Lipinski definition) is 0. The fraction of sp³-hybridized carbons (Fsp3) is 0.960. The number of ether oxygens (including phenoxy) is 1. The summed E-state index contributed by atoms with van der Waals surface area (Å²) in [6, 6.07) is 2.71. The minimum Gasteiger partial charge on any atom is -0.413 e. The maximum atomic E-state index is 10.2. The second kappa shape index (κ2) is 7.66. The predicted octanol–water partition coefficient (Wildman–Crippen LogP) is 6.89. The molecule has 2 saturated carbocycles. The van der Waals surface area contributed by atoms with Gasteiger partial charge in [0.2, 0.25) is 0 Å². The van der Waals surface area contributed by atoms with Crippen molar-refractivity contribution in [1.29, 1.82) is 5.26 Å². The Labute approximate surface area is 193 Å². The van der Waals surface area contributed by atoms with Crippen LogP contribution in [0.3, 0.4) is 0 Å². The van der Waals surface area contributed by atoms with Crippen LogP contribution in [0.25, 0.3) is 0 Å². The van der Waals surface area contributed by atoms with E-state index in [4.69, 9.17) is 13.6 Å². The lowest BCUT2D eigenvalue weighted by Gasteiger charge is -2.58. The molecule has 3 rings (SSSR count). The lowest BCUT2D eigenvalue weighted by molar-refractivity contribution is -0.144. The normalized spacial score (nSPS) is 39.2. The summed E-state index contributed by atoms with van der Waals surface area (Å²) in [7, 11) is -4.01. The van der Waals surface area contributed by atoms with Gasteiger partial charge in [-0.3, -0.25) is 0 Å². The topological polar surface area (TPSA) is 54.8 Å². The first-order chi connectivity index (χ1) is 13.9. The van der Waals surface area contributed by atoms with Crippen LogP contribution < -0.4 is 0 Å². The van der Waals surface area contributed by atoms with Crippen molar-refractivity contribution >= 4 is 16.6 Å². The average molecular weight is 466 g/mol. The van der Waals surface area contributed by atoms with E-state index in [0.29, 0.717) is 0 Å². The van der Waals surface area contributed by atoms with E-state index in [1.165, 1.54) is 0 Å². The van der Waals surface area contributed by atoms with Crippen molar-refractivity contribution in [2.45, 2.75) is 129 Å². The minimum absolute atomic E-state index is 0.00251. The summed E-state index contributed by atoms with van der Waals surface area (Å²) in [6.45, 7) is 26.4. The van der Waals surface area contributed by atoms with Crippen LogP contribution in [0, 0.1) is 28.1 Å². The highest BCUT2D eigenvalue weighted by Crippen LogP contribution is 2.69. The van der Waals surface area contributed by atoms with Crippen molar-refractivity contribution in [3.63, 3.8) is 0 Å². The van der Waals surface area contributed by atoms with Gasteiger partial charge in [-0.2, -0.15) is 5.26 Å². The van der Waals surface area contributed by atoms with Crippen LogP contribution in [-0.4, -0.2) is 41.6 Å². The Morgan fingerprint density at radius 2 is 1.42 bits per heavy atom. The van der Waals surface area contributed by atoms with Crippen LogP contribution >= 0.6 is 0 Å². The van der Waals surface area contributed by atoms with Crippen molar-refractivity contribution in [2.24, 2.45) is 16.7 Å². The van der Waals surface area contributed by atoms with Crippen LogP contribution in [0.15, 0.2) is 0 Å². The van der Waals surface area contributed by atoms with Gasteiger partial charge in [-0.15, -0.1) is 0 Å². The van der Waals surface area contributed by atoms with Crippen LogP contribution in [0.4, 0.5) is 0 Å². The van der Waals surface area contributed by atoms with Crippen LogP contribution in [0.5, 0.6) is 0 Å². The molecule has 1 unspecified atom stereocenters. The molecule has 0 aromatic rings. The summed E-state index contributed by atoms with van der Waals surface area (Å²) in [5.74, 6) is -0.00251. The fourth-order valence-corrected chi connectivity index (χ4v) is 8.60. The van der Waals surface area contributed by atoms with Gasteiger partial charge < -0.3 is 13.6 Å². The number of fused-ring (bicyclic) bond motifs is 1. The molecule has 0 aromatic carbocycles. The maximum absolute atomic E-state index is 10.2. The highest BCUT2D eigenvalue weighted by Gasteiger charge is 2.74.